The third-order valence-electron chi connectivity index (χ3n) is 4.57. The number of rotatable bonds is 6. The van der Waals surface area contributed by atoms with Crippen molar-refractivity contribution in [1.82, 2.24) is 9.88 Å². The van der Waals surface area contributed by atoms with Crippen molar-refractivity contribution in [2.24, 2.45) is 5.92 Å². The summed E-state index contributed by atoms with van der Waals surface area (Å²) in [5.74, 6) is 0.445. The minimum absolute atomic E-state index is 0.292. The van der Waals surface area contributed by atoms with E-state index in [0.29, 0.717) is 30.3 Å². The third-order valence-corrected chi connectivity index (χ3v) is 4.57. The SMILES string of the molecule is Cc1cccc(OCC2CCCN(Cc3ncccc3C(=O)O)C2)c1. The van der Waals surface area contributed by atoms with Crippen LogP contribution in [0.3, 0.4) is 0 Å². The molecule has 1 N–H and O–H groups in total. The molecule has 1 atom stereocenters. The van der Waals surface area contributed by atoms with Gasteiger partial charge in [0.25, 0.3) is 0 Å². The van der Waals surface area contributed by atoms with Gasteiger partial charge in [0, 0.05) is 25.2 Å². The number of ether oxygens (including phenoxy) is 1. The maximum Gasteiger partial charge on any atom is 0.337 e. The summed E-state index contributed by atoms with van der Waals surface area (Å²) in [6, 6.07) is 11.4. The van der Waals surface area contributed by atoms with Gasteiger partial charge >= 0.3 is 5.97 Å². The molecule has 1 fully saturated rings. The highest BCUT2D eigenvalue weighted by atomic mass is 16.5. The number of piperidine rings is 1. The van der Waals surface area contributed by atoms with Crippen molar-refractivity contribution in [3.05, 3.63) is 59.4 Å². The molecule has 0 radical (unpaired) electrons. The molecule has 1 unspecified atom stereocenters. The Morgan fingerprint density at radius 2 is 2.24 bits per heavy atom. The van der Waals surface area contributed by atoms with Gasteiger partial charge in [-0.05, 0) is 56.1 Å². The van der Waals surface area contributed by atoms with E-state index in [2.05, 4.69) is 22.9 Å². The van der Waals surface area contributed by atoms with Crippen LogP contribution in [0.15, 0.2) is 42.6 Å². The second kappa shape index (κ2) is 8.12. The molecule has 132 valence electrons. The number of aromatic carboxylic acids is 1. The Bertz CT molecular complexity index is 732. The van der Waals surface area contributed by atoms with E-state index in [-0.39, 0.29) is 0 Å². The first-order chi connectivity index (χ1) is 12.1. The summed E-state index contributed by atoms with van der Waals surface area (Å²) in [7, 11) is 0. The summed E-state index contributed by atoms with van der Waals surface area (Å²) >= 11 is 0. The van der Waals surface area contributed by atoms with Crippen molar-refractivity contribution in [2.45, 2.75) is 26.3 Å². The molecule has 1 aromatic heterocycles. The van der Waals surface area contributed by atoms with Gasteiger partial charge < -0.3 is 9.84 Å². The monoisotopic (exact) mass is 340 g/mol. The number of likely N-dealkylation sites (tertiary alicyclic amines) is 1. The summed E-state index contributed by atoms with van der Waals surface area (Å²) in [6.07, 6.45) is 3.89. The van der Waals surface area contributed by atoms with Gasteiger partial charge in [-0.15, -0.1) is 0 Å². The molecule has 0 amide bonds. The van der Waals surface area contributed by atoms with Crippen LogP contribution >= 0.6 is 0 Å². The number of hydrogen-bond donors (Lipinski definition) is 1. The van der Waals surface area contributed by atoms with Crippen molar-refractivity contribution < 1.29 is 14.6 Å². The van der Waals surface area contributed by atoms with Gasteiger partial charge in [0.15, 0.2) is 0 Å². The predicted octanol–water partition coefficient (Wildman–Crippen LogP) is 3.38. The zero-order valence-electron chi connectivity index (χ0n) is 14.5. The van der Waals surface area contributed by atoms with Gasteiger partial charge in [-0.1, -0.05) is 12.1 Å². The molecular weight excluding hydrogens is 316 g/mol. The molecule has 0 spiro atoms. The van der Waals surface area contributed by atoms with E-state index in [4.69, 9.17) is 4.74 Å². The summed E-state index contributed by atoms with van der Waals surface area (Å²) in [4.78, 5) is 17.9. The first-order valence-corrected chi connectivity index (χ1v) is 8.71. The Labute approximate surface area is 148 Å². The van der Waals surface area contributed by atoms with E-state index in [0.717, 1.165) is 31.7 Å². The number of carbonyl (C=O) groups is 1. The average molecular weight is 340 g/mol. The van der Waals surface area contributed by atoms with Crippen LogP contribution in [0.25, 0.3) is 0 Å². The molecule has 0 bridgehead atoms. The zero-order chi connectivity index (χ0) is 17.6. The summed E-state index contributed by atoms with van der Waals surface area (Å²) in [5, 5.41) is 9.30. The van der Waals surface area contributed by atoms with Crippen LogP contribution in [0.4, 0.5) is 0 Å². The molecule has 1 saturated heterocycles. The molecule has 5 nitrogen and oxygen atoms in total. The predicted molar refractivity (Wildman–Crippen MR) is 95.9 cm³/mol. The van der Waals surface area contributed by atoms with Gasteiger partial charge in [-0.3, -0.25) is 9.88 Å². The van der Waals surface area contributed by atoms with E-state index in [1.807, 2.05) is 18.2 Å². The molecular formula is C20H24N2O3. The lowest BCUT2D eigenvalue weighted by Gasteiger charge is -2.32. The Morgan fingerprint density at radius 1 is 1.36 bits per heavy atom. The lowest BCUT2D eigenvalue weighted by molar-refractivity contribution is 0.0691. The zero-order valence-corrected chi connectivity index (χ0v) is 14.5. The van der Waals surface area contributed by atoms with Gasteiger partial charge in [0.2, 0.25) is 0 Å². The standard InChI is InChI=1S/C20H24N2O3/c1-15-5-2-7-17(11-15)25-14-16-6-4-10-22(12-16)13-19-18(20(23)24)8-3-9-21-19/h2-3,5,7-9,11,16H,4,6,10,12-14H2,1H3,(H,23,24). The molecule has 2 heterocycles. The fraction of sp³-hybridized carbons (Fsp3) is 0.400. The van der Waals surface area contributed by atoms with Crippen LogP contribution < -0.4 is 4.74 Å². The van der Waals surface area contributed by atoms with Crippen LogP contribution in [0, 0.1) is 12.8 Å². The molecule has 1 aliphatic rings. The van der Waals surface area contributed by atoms with Crippen molar-refractivity contribution in [1.29, 1.82) is 0 Å². The molecule has 25 heavy (non-hydrogen) atoms. The fourth-order valence-electron chi connectivity index (χ4n) is 3.32. The lowest BCUT2D eigenvalue weighted by atomic mass is 9.98. The highest BCUT2D eigenvalue weighted by molar-refractivity contribution is 5.88. The van der Waals surface area contributed by atoms with Crippen LogP contribution in [0.1, 0.15) is 34.5 Å². The van der Waals surface area contributed by atoms with Crippen LogP contribution in [-0.2, 0) is 6.54 Å². The third kappa shape index (κ3) is 4.79. The maximum atomic E-state index is 11.3. The minimum atomic E-state index is -0.917. The normalized spacial score (nSPS) is 18.0. The summed E-state index contributed by atoms with van der Waals surface area (Å²) in [6.45, 7) is 5.19. The summed E-state index contributed by atoms with van der Waals surface area (Å²) < 4.78 is 5.95. The maximum absolute atomic E-state index is 11.3. The second-order valence-electron chi connectivity index (χ2n) is 6.67. The number of pyridine rings is 1. The van der Waals surface area contributed by atoms with E-state index in [9.17, 15) is 9.90 Å². The minimum Gasteiger partial charge on any atom is -0.493 e. The average Bonchev–Trinajstić information content (AvgIpc) is 2.61. The number of carboxylic acid groups (broad SMARTS) is 1. The van der Waals surface area contributed by atoms with Crippen molar-refractivity contribution >= 4 is 5.97 Å². The Morgan fingerprint density at radius 3 is 3.04 bits per heavy atom. The first kappa shape index (κ1) is 17.4. The number of hydrogen-bond acceptors (Lipinski definition) is 4. The van der Waals surface area contributed by atoms with Gasteiger partial charge in [0.1, 0.15) is 5.75 Å². The van der Waals surface area contributed by atoms with Crippen LogP contribution in [-0.4, -0.2) is 40.7 Å². The lowest BCUT2D eigenvalue weighted by Crippen LogP contribution is -2.37. The number of carboxylic acids is 1. The Kier molecular flexibility index (Phi) is 5.66. The fourth-order valence-corrected chi connectivity index (χ4v) is 3.32. The topological polar surface area (TPSA) is 62.7 Å². The van der Waals surface area contributed by atoms with Gasteiger partial charge in [0.05, 0.1) is 17.9 Å². The van der Waals surface area contributed by atoms with Crippen molar-refractivity contribution in [3.8, 4) is 5.75 Å². The number of nitrogens with zero attached hydrogens (tertiary/aromatic N) is 2. The molecule has 3 rings (SSSR count). The van der Waals surface area contributed by atoms with E-state index >= 15 is 0 Å². The highest BCUT2D eigenvalue weighted by Crippen LogP contribution is 2.21. The smallest absolute Gasteiger partial charge is 0.337 e. The van der Waals surface area contributed by atoms with Crippen LogP contribution in [0.5, 0.6) is 5.75 Å². The first-order valence-electron chi connectivity index (χ1n) is 8.71. The molecule has 2 aromatic rings. The summed E-state index contributed by atoms with van der Waals surface area (Å²) in [5.41, 5.74) is 2.12. The van der Waals surface area contributed by atoms with Gasteiger partial charge in [-0.25, -0.2) is 4.79 Å². The molecule has 5 heteroatoms. The Balaban J connectivity index is 1.57. The van der Waals surface area contributed by atoms with Crippen LogP contribution in [0.2, 0.25) is 0 Å². The molecule has 0 saturated carbocycles. The second-order valence-corrected chi connectivity index (χ2v) is 6.67. The van der Waals surface area contributed by atoms with E-state index in [1.54, 1.807) is 18.3 Å². The molecule has 1 aliphatic heterocycles. The van der Waals surface area contributed by atoms with Gasteiger partial charge in [-0.2, -0.15) is 0 Å². The molecule has 1 aromatic carbocycles. The quantitative estimate of drug-likeness (QED) is 0.873. The number of aryl methyl sites for hydroxylation is 1. The van der Waals surface area contributed by atoms with Crippen molar-refractivity contribution in [3.63, 3.8) is 0 Å². The van der Waals surface area contributed by atoms with Crippen molar-refractivity contribution in [2.75, 3.05) is 19.7 Å². The number of aromatic nitrogens is 1. The Hall–Kier alpha value is -2.40. The van der Waals surface area contributed by atoms with E-state index < -0.39 is 5.97 Å². The molecule has 0 aliphatic carbocycles. The van der Waals surface area contributed by atoms with E-state index in [1.165, 1.54) is 5.56 Å². The largest absolute Gasteiger partial charge is 0.493 e. The number of benzene rings is 1. The highest BCUT2D eigenvalue weighted by Gasteiger charge is 2.22.